The molecule has 1 saturated carbocycles. The summed E-state index contributed by atoms with van der Waals surface area (Å²) in [6.45, 7) is 5.16. The first-order valence-electron chi connectivity index (χ1n) is 5.27. The zero-order valence-corrected chi connectivity index (χ0v) is 11.5. The van der Waals surface area contributed by atoms with Gasteiger partial charge in [0.25, 0.3) is 0 Å². The molecule has 0 amide bonds. The van der Waals surface area contributed by atoms with Gasteiger partial charge in [0.2, 0.25) is 0 Å². The minimum Gasteiger partial charge on any atom is -0.309 e. The predicted molar refractivity (Wildman–Crippen MR) is 70.5 cm³/mol. The Bertz CT molecular complexity index is 415. The molecule has 1 aliphatic carbocycles. The molecule has 4 heteroatoms. The molecule has 0 heterocycles. The van der Waals surface area contributed by atoms with E-state index in [1.165, 1.54) is 6.42 Å². The van der Waals surface area contributed by atoms with Gasteiger partial charge in [0.1, 0.15) is 0 Å². The number of hydrogen-bond donors (Lipinski definition) is 1. The molecule has 0 radical (unpaired) electrons. The smallest absolute Gasteiger partial charge is 0.0652 e. The van der Waals surface area contributed by atoms with Gasteiger partial charge in [0.05, 0.1) is 10.0 Å². The van der Waals surface area contributed by atoms with E-state index in [2.05, 4.69) is 19.2 Å². The molecule has 0 bridgehead atoms. The fraction of sp³-hybridized carbons (Fsp3) is 0.500. The zero-order valence-electron chi connectivity index (χ0n) is 9.28. The molecule has 1 nitrogen and oxygen atoms in total. The van der Waals surface area contributed by atoms with Gasteiger partial charge in [-0.3, -0.25) is 0 Å². The van der Waals surface area contributed by atoms with Gasteiger partial charge in [-0.2, -0.15) is 0 Å². The van der Waals surface area contributed by atoms with Crippen molar-refractivity contribution in [1.82, 2.24) is 5.32 Å². The minimum atomic E-state index is 0.400. The van der Waals surface area contributed by atoms with Gasteiger partial charge in [-0.05, 0) is 24.0 Å². The lowest BCUT2D eigenvalue weighted by Crippen LogP contribution is -2.20. The summed E-state index contributed by atoms with van der Waals surface area (Å²) in [4.78, 5) is 0. The molecule has 1 N–H and O–H groups in total. The summed E-state index contributed by atoms with van der Waals surface area (Å²) in [5.41, 5.74) is 1.29. The van der Waals surface area contributed by atoms with Crippen molar-refractivity contribution in [2.45, 2.75) is 32.9 Å². The van der Waals surface area contributed by atoms with E-state index in [-0.39, 0.29) is 0 Å². The third-order valence-corrected chi connectivity index (χ3v) is 4.38. The lowest BCUT2D eigenvalue weighted by Gasteiger charge is -2.10. The molecule has 1 unspecified atom stereocenters. The molecule has 0 aliphatic heterocycles. The summed E-state index contributed by atoms with van der Waals surface area (Å²) >= 11 is 18.2. The maximum absolute atomic E-state index is 6.12. The number of halogens is 3. The number of rotatable bonds is 3. The highest BCUT2D eigenvalue weighted by Crippen LogP contribution is 2.45. The van der Waals surface area contributed by atoms with Gasteiger partial charge < -0.3 is 5.32 Å². The summed E-state index contributed by atoms with van der Waals surface area (Å²) in [6.07, 6.45) is 1.20. The first-order valence-corrected chi connectivity index (χ1v) is 6.41. The second-order valence-electron chi connectivity index (χ2n) is 4.95. The Morgan fingerprint density at radius 2 is 1.81 bits per heavy atom. The van der Waals surface area contributed by atoms with Gasteiger partial charge in [0.15, 0.2) is 0 Å². The minimum absolute atomic E-state index is 0.400. The van der Waals surface area contributed by atoms with Crippen molar-refractivity contribution in [1.29, 1.82) is 0 Å². The van der Waals surface area contributed by atoms with Crippen molar-refractivity contribution >= 4 is 34.8 Å². The predicted octanol–water partition coefficient (Wildman–Crippen LogP) is 4.53. The van der Waals surface area contributed by atoms with Crippen molar-refractivity contribution in [2.75, 3.05) is 0 Å². The number of nitrogens with one attached hydrogen (secondary N) is 1. The Morgan fingerprint density at radius 1 is 1.25 bits per heavy atom. The van der Waals surface area contributed by atoms with Crippen LogP contribution in [0.3, 0.4) is 0 Å². The van der Waals surface area contributed by atoms with E-state index in [0.717, 1.165) is 5.56 Å². The molecule has 1 aromatic rings. The molecule has 0 saturated heterocycles. The van der Waals surface area contributed by atoms with E-state index in [9.17, 15) is 0 Å². The quantitative estimate of drug-likeness (QED) is 0.801. The highest BCUT2D eigenvalue weighted by molar-refractivity contribution is 6.44. The van der Waals surface area contributed by atoms with E-state index < -0.39 is 0 Å². The van der Waals surface area contributed by atoms with Gasteiger partial charge in [0, 0.05) is 23.2 Å². The molecular weight excluding hydrogens is 264 g/mol. The maximum Gasteiger partial charge on any atom is 0.0652 e. The maximum atomic E-state index is 6.12. The molecule has 0 aromatic heterocycles. The average molecular weight is 279 g/mol. The van der Waals surface area contributed by atoms with E-state index in [0.29, 0.717) is 33.1 Å². The van der Waals surface area contributed by atoms with Crippen LogP contribution in [0.25, 0.3) is 0 Å². The van der Waals surface area contributed by atoms with Crippen molar-refractivity contribution in [3.63, 3.8) is 0 Å². The molecule has 16 heavy (non-hydrogen) atoms. The van der Waals surface area contributed by atoms with Crippen LogP contribution in [0.5, 0.6) is 0 Å². The molecule has 1 aromatic carbocycles. The molecule has 1 atom stereocenters. The number of hydrogen-bond acceptors (Lipinski definition) is 1. The Labute approximate surface area is 111 Å². The molecule has 1 fully saturated rings. The Hall–Kier alpha value is 0.0500. The topological polar surface area (TPSA) is 12.0 Å². The highest BCUT2D eigenvalue weighted by atomic mass is 35.5. The Balaban J connectivity index is 2.07. The van der Waals surface area contributed by atoms with Crippen LogP contribution < -0.4 is 5.32 Å². The third-order valence-electron chi connectivity index (χ3n) is 3.18. The molecule has 0 spiro atoms. The van der Waals surface area contributed by atoms with Crippen molar-refractivity contribution in [3.8, 4) is 0 Å². The van der Waals surface area contributed by atoms with Gasteiger partial charge in [-0.1, -0.05) is 48.7 Å². The summed E-state index contributed by atoms with van der Waals surface area (Å²) in [6, 6.07) is 4.06. The van der Waals surface area contributed by atoms with Crippen LogP contribution in [0.15, 0.2) is 12.1 Å². The van der Waals surface area contributed by atoms with Gasteiger partial charge in [-0.15, -0.1) is 0 Å². The first kappa shape index (κ1) is 12.5. The molecule has 1 aliphatic rings. The van der Waals surface area contributed by atoms with Crippen LogP contribution >= 0.6 is 34.8 Å². The third kappa shape index (κ3) is 2.48. The van der Waals surface area contributed by atoms with Crippen LogP contribution in [0.2, 0.25) is 15.1 Å². The highest BCUT2D eigenvalue weighted by Gasteiger charge is 2.45. The van der Waals surface area contributed by atoms with E-state index >= 15 is 0 Å². The van der Waals surface area contributed by atoms with E-state index in [4.69, 9.17) is 34.8 Å². The second kappa shape index (κ2) is 4.38. The molecule has 2 rings (SSSR count). The van der Waals surface area contributed by atoms with Crippen LogP contribution in [-0.4, -0.2) is 6.04 Å². The summed E-state index contributed by atoms with van der Waals surface area (Å²) in [7, 11) is 0. The first-order chi connectivity index (χ1) is 7.42. The zero-order chi connectivity index (χ0) is 11.9. The largest absolute Gasteiger partial charge is 0.309 e. The lowest BCUT2D eigenvalue weighted by atomic mass is 10.2. The van der Waals surface area contributed by atoms with Crippen LogP contribution in [-0.2, 0) is 6.54 Å². The fourth-order valence-electron chi connectivity index (χ4n) is 1.77. The fourth-order valence-corrected chi connectivity index (χ4v) is 2.45. The van der Waals surface area contributed by atoms with Crippen LogP contribution in [0.4, 0.5) is 0 Å². The Morgan fingerprint density at radius 3 is 2.38 bits per heavy atom. The summed E-state index contributed by atoms with van der Waals surface area (Å²) in [5.74, 6) is 0. The van der Waals surface area contributed by atoms with E-state index in [1.54, 1.807) is 12.1 Å². The molecule has 88 valence electrons. The number of benzene rings is 1. The van der Waals surface area contributed by atoms with Crippen molar-refractivity contribution in [2.24, 2.45) is 5.41 Å². The van der Waals surface area contributed by atoms with Crippen LogP contribution in [0.1, 0.15) is 25.8 Å². The Kier molecular flexibility index (Phi) is 3.42. The average Bonchev–Trinajstić information content (AvgIpc) is 2.81. The van der Waals surface area contributed by atoms with Crippen LogP contribution in [0, 0.1) is 5.41 Å². The SMILES string of the molecule is CC1(C)CC1NCc1c(Cl)ccc(Cl)c1Cl. The molecular formula is C12H14Cl3N. The normalized spacial score (nSPS) is 22.2. The van der Waals surface area contributed by atoms with Gasteiger partial charge >= 0.3 is 0 Å². The monoisotopic (exact) mass is 277 g/mol. The van der Waals surface area contributed by atoms with E-state index in [1.807, 2.05) is 0 Å². The van der Waals surface area contributed by atoms with Crippen molar-refractivity contribution < 1.29 is 0 Å². The lowest BCUT2D eigenvalue weighted by molar-refractivity contribution is 0.542. The van der Waals surface area contributed by atoms with Crippen molar-refractivity contribution in [3.05, 3.63) is 32.8 Å². The second-order valence-corrected chi connectivity index (χ2v) is 6.14. The van der Waals surface area contributed by atoms with Gasteiger partial charge in [-0.25, -0.2) is 0 Å². The summed E-state index contributed by atoms with van der Waals surface area (Å²) < 4.78 is 0. The summed E-state index contributed by atoms with van der Waals surface area (Å²) in [5, 5.41) is 5.22. The standard InChI is InChI=1S/C12H14Cl3N/c1-12(2)5-10(12)16-6-7-8(13)3-4-9(14)11(7)15/h3-4,10,16H,5-6H2,1-2H3.